The van der Waals surface area contributed by atoms with Gasteiger partial charge in [-0.3, -0.25) is 4.79 Å². The molecular weight excluding hydrogens is 218 g/mol. The van der Waals surface area contributed by atoms with Crippen LogP contribution in [0.3, 0.4) is 0 Å². The van der Waals surface area contributed by atoms with E-state index in [1.165, 1.54) is 0 Å². The van der Waals surface area contributed by atoms with Crippen LogP contribution in [0.1, 0.15) is 29.8 Å². The highest BCUT2D eigenvalue weighted by Crippen LogP contribution is 2.08. The van der Waals surface area contributed by atoms with Crippen molar-refractivity contribution in [3.63, 3.8) is 0 Å². The molecule has 0 aliphatic rings. The first-order valence-corrected chi connectivity index (χ1v) is 5.32. The molecule has 0 heterocycles. The minimum absolute atomic E-state index is 0.0289. The van der Waals surface area contributed by atoms with Crippen molar-refractivity contribution in [1.82, 2.24) is 4.90 Å². The Morgan fingerprint density at radius 3 is 2.18 bits per heavy atom. The van der Waals surface area contributed by atoms with E-state index in [1.54, 1.807) is 36.2 Å². The second kappa shape index (κ2) is 5.34. The maximum atomic E-state index is 12.0. The summed E-state index contributed by atoms with van der Waals surface area (Å²) >= 11 is 0. The minimum Gasteiger partial charge on any atom is -0.409 e. The number of hydrogen-bond acceptors (Lipinski definition) is 3. The van der Waals surface area contributed by atoms with Crippen LogP contribution in [0, 0.1) is 0 Å². The topological polar surface area (TPSA) is 78.9 Å². The van der Waals surface area contributed by atoms with E-state index in [-0.39, 0.29) is 17.8 Å². The van der Waals surface area contributed by atoms with Crippen LogP contribution >= 0.6 is 0 Å². The van der Waals surface area contributed by atoms with Crippen LogP contribution in [0.4, 0.5) is 0 Å². The summed E-state index contributed by atoms with van der Waals surface area (Å²) in [5.74, 6) is -0.0210. The summed E-state index contributed by atoms with van der Waals surface area (Å²) in [6, 6.07) is 6.77. The van der Waals surface area contributed by atoms with Crippen molar-refractivity contribution in [2.45, 2.75) is 19.9 Å². The number of nitrogens with two attached hydrogens (primary N) is 1. The molecule has 0 aliphatic carbocycles. The smallest absolute Gasteiger partial charge is 0.253 e. The average Bonchev–Trinajstić information content (AvgIpc) is 2.36. The van der Waals surface area contributed by atoms with E-state index < -0.39 is 0 Å². The summed E-state index contributed by atoms with van der Waals surface area (Å²) in [5.41, 5.74) is 6.59. The lowest BCUT2D eigenvalue weighted by Crippen LogP contribution is -2.32. The molecule has 17 heavy (non-hydrogen) atoms. The highest BCUT2D eigenvalue weighted by atomic mass is 16.4. The molecule has 3 N–H and O–H groups in total. The van der Waals surface area contributed by atoms with Crippen LogP contribution in [-0.4, -0.2) is 34.9 Å². The Bertz CT molecular complexity index is 424. The van der Waals surface area contributed by atoms with Crippen molar-refractivity contribution >= 4 is 11.7 Å². The van der Waals surface area contributed by atoms with Crippen LogP contribution in [0.25, 0.3) is 0 Å². The quantitative estimate of drug-likeness (QED) is 0.358. The minimum atomic E-state index is -0.0499. The third kappa shape index (κ3) is 2.96. The Kier molecular flexibility index (Phi) is 4.09. The van der Waals surface area contributed by atoms with E-state index in [4.69, 9.17) is 10.9 Å². The monoisotopic (exact) mass is 235 g/mol. The van der Waals surface area contributed by atoms with Gasteiger partial charge in [0.1, 0.15) is 0 Å². The van der Waals surface area contributed by atoms with Crippen LogP contribution in [0.5, 0.6) is 0 Å². The summed E-state index contributed by atoms with van der Waals surface area (Å²) in [5, 5.41) is 11.4. The molecule has 1 rings (SSSR count). The fraction of sp³-hybridized carbons (Fsp3) is 0.333. The zero-order valence-corrected chi connectivity index (χ0v) is 10.2. The summed E-state index contributed by atoms with van der Waals surface area (Å²) < 4.78 is 0. The zero-order valence-electron chi connectivity index (χ0n) is 10.2. The number of benzene rings is 1. The Hall–Kier alpha value is -2.04. The molecule has 0 spiro atoms. The Balaban J connectivity index is 2.92. The fourth-order valence-corrected chi connectivity index (χ4v) is 1.28. The Morgan fingerprint density at radius 1 is 1.29 bits per heavy atom. The van der Waals surface area contributed by atoms with E-state index in [0.29, 0.717) is 11.1 Å². The van der Waals surface area contributed by atoms with Crippen molar-refractivity contribution in [2.75, 3.05) is 7.05 Å². The molecule has 0 saturated carbocycles. The first kappa shape index (κ1) is 13.0. The maximum Gasteiger partial charge on any atom is 0.253 e. The molecule has 0 unspecified atom stereocenters. The van der Waals surface area contributed by atoms with E-state index >= 15 is 0 Å². The molecule has 0 radical (unpaired) electrons. The van der Waals surface area contributed by atoms with Gasteiger partial charge in [0.25, 0.3) is 5.91 Å². The SMILES string of the molecule is CC(C)N(C)C(=O)c1ccc(/C(N)=N/O)cc1. The van der Waals surface area contributed by atoms with Gasteiger partial charge < -0.3 is 15.8 Å². The fourth-order valence-electron chi connectivity index (χ4n) is 1.28. The van der Waals surface area contributed by atoms with Crippen LogP contribution in [0.15, 0.2) is 29.4 Å². The third-order valence-electron chi connectivity index (χ3n) is 2.63. The number of carbonyl (C=O) groups excluding carboxylic acids is 1. The molecule has 0 aromatic heterocycles. The molecule has 5 nitrogen and oxygen atoms in total. The normalized spacial score (nSPS) is 11.6. The molecule has 1 amide bonds. The maximum absolute atomic E-state index is 12.0. The summed E-state index contributed by atoms with van der Waals surface area (Å²) in [6.45, 7) is 3.89. The molecule has 0 fully saturated rings. The van der Waals surface area contributed by atoms with Crippen LogP contribution in [-0.2, 0) is 0 Å². The zero-order chi connectivity index (χ0) is 13.0. The average molecular weight is 235 g/mol. The molecule has 5 heteroatoms. The second-order valence-electron chi connectivity index (χ2n) is 4.07. The second-order valence-corrected chi connectivity index (χ2v) is 4.07. The lowest BCUT2D eigenvalue weighted by Gasteiger charge is -2.21. The number of amidine groups is 1. The standard InChI is InChI=1S/C12H17N3O2/c1-8(2)15(3)12(16)10-6-4-9(5-7-10)11(13)14-17/h4-8,17H,1-3H3,(H2,13,14). The van der Waals surface area contributed by atoms with Gasteiger partial charge in [0.05, 0.1) is 0 Å². The highest BCUT2D eigenvalue weighted by molar-refractivity contribution is 5.99. The van der Waals surface area contributed by atoms with E-state index in [1.807, 2.05) is 13.8 Å². The largest absolute Gasteiger partial charge is 0.409 e. The van der Waals surface area contributed by atoms with Crippen LogP contribution < -0.4 is 5.73 Å². The van der Waals surface area contributed by atoms with E-state index in [2.05, 4.69) is 5.16 Å². The number of amides is 1. The van der Waals surface area contributed by atoms with Crippen molar-refractivity contribution in [3.05, 3.63) is 35.4 Å². The first-order chi connectivity index (χ1) is 7.97. The lowest BCUT2D eigenvalue weighted by molar-refractivity contribution is 0.0755. The van der Waals surface area contributed by atoms with E-state index in [0.717, 1.165) is 0 Å². The van der Waals surface area contributed by atoms with Crippen LogP contribution in [0.2, 0.25) is 0 Å². The van der Waals surface area contributed by atoms with Gasteiger partial charge in [-0.05, 0) is 26.0 Å². The van der Waals surface area contributed by atoms with Gasteiger partial charge in [-0.2, -0.15) is 0 Å². The lowest BCUT2D eigenvalue weighted by atomic mass is 10.1. The molecule has 0 saturated heterocycles. The number of nitrogens with zero attached hydrogens (tertiary/aromatic N) is 2. The Morgan fingerprint density at radius 2 is 1.76 bits per heavy atom. The number of hydrogen-bond donors (Lipinski definition) is 2. The summed E-state index contributed by atoms with van der Waals surface area (Å²) in [4.78, 5) is 13.6. The number of rotatable bonds is 3. The third-order valence-corrected chi connectivity index (χ3v) is 2.63. The van der Waals surface area contributed by atoms with Gasteiger partial charge in [0.15, 0.2) is 5.84 Å². The molecule has 0 bridgehead atoms. The van der Waals surface area contributed by atoms with E-state index in [9.17, 15) is 4.79 Å². The van der Waals surface area contributed by atoms with Gasteiger partial charge in [-0.25, -0.2) is 0 Å². The van der Waals surface area contributed by atoms with Crippen molar-refractivity contribution < 1.29 is 10.0 Å². The van der Waals surface area contributed by atoms with Gasteiger partial charge >= 0.3 is 0 Å². The predicted octanol–water partition coefficient (Wildman–Crippen LogP) is 1.26. The summed E-state index contributed by atoms with van der Waals surface area (Å²) in [6.07, 6.45) is 0. The molecule has 0 aliphatic heterocycles. The predicted molar refractivity (Wildman–Crippen MR) is 66.2 cm³/mol. The first-order valence-electron chi connectivity index (χ1n) is 5.32. The van der Waals surface area contributed by atoms with Crippen molar-refractivity contribution in [3.8, 4) is 0 Å². The van der Waals surface area contributed by atoms with Crippen molar-refractivity contribution in [2.24, 2.45) is 10.9 Å². The van der Waals surface area contributed by atoms with Gasteiger partial charge in [-0.15, -0.1) is 0 Å². The van der Waals surface area contributed by atoms with Gasteiger partial charge in [-0.1, -0.05) is 17.3 Å². The number of oxime groups is 1. The number of carbonyl (C=O) groups is 1. The molecule has 92 valence electrons. The molecule has 1 aromatic rings. The highest BCUT2D eigenvalue weighted by Gasteiger charge is 2.14. The molecular formula is C12H17N3O2. The Labute approximate surface area is 101 Å². The van der Waals surface area contributed by atoms with Gasteiger partial charge in [0.2, 0.25) is 0 Å². The summed E-state index contributed by atoms with van der Waals surface area (Å²) in [7, 11) is 1.75. The van der Waals surface area contributed by atoms with Crippen molar-refractivity contribution in [1.29, 1.82) is 0 Å². The molecule has 0 atom stereocenters. The molecule has 1 aromatic carbocycles. The van der Waals surface area contributed by atoms with Gasteiger partial charge in [0, 0.05) is 24.2 Å².